The topological polar surface area (TPSA) is 110 Å². The molecule has 196 valence electrons. The van der Waals surface area contributed by atoms with Gasteiger partial charge in [-0.25, -0.2) is 23.2 Å². The molecular formula is C27H34N6O3S. The van der Waals surface area contributed by atoms with Gasteiger partial charge in [0.05, 0.1) is 18.3 Å². The zero-order valence-corrected chi connectivity index (χ0v) is 22.5. The molecule has 0 atom stereocenters. The molecule has 37 heavy (non-hydrogen) atoms. The summed E-state index contributed by atoms with van der Waals surface area (Å²) in [7, 11) is 0.578. The van der Waals surface area contributed by atoms with Gasteiger partial charge in [-0.3, -0.25) is 9.80 Å². The molecule has 2 aliphatic carbocycles. The molecule has 2 saturated carbocycles. The number of anilines is 1. The van der Waals surface area contributed by atoms with E-state index in [1.165, 1.54) is 18.2 Å². The van der Waals surface area contributed by atoms with Gasteiger partial charge in [-0.1, -0.05) is 36.8 Å². The van der Waals surface area contributed by atoms with Crippen molar-refractivity contribution in [3.63, 3.8) is 0 Å². The molecule has 1 aliphatic heterocycles. The minimum absolute atomic E-state index is 0.0906. The molecule has 10 heteroatoms. The lowest BCUT2D eigenvalue weighted by atomic mass is 9.68. The molecule has 1 aromatic carbocycles. The maximum atomic E-state index is 13.9. The van der Waals surface area contributed by atoms with Crippen molar-refractivity contribution in [3.8, 4) is 6.07 Å². The molecule has 2 amide bonds. The number of hydrogen-bond donors (Lipinski definition) is 0. The highest BCUT2D eigenvalue weighted by Gasteiger charge is 2.55. The lowest BCUT2D eigenvalue weighted by molar-refractivity contribution is 0.0172. The van der Waals surface area contributed by atoms with E-state index in [9.17, 15) is 18.5 Å². The van der Waals surface area contributed by atoms with Crippen LogP contribution in [0.25, 0.3) is 0 Å². The van der Waals surface area contributed by atoms with Gasteiger partial charge in [0.25, 0.3) is 0 Å². The van der Waals surface area contributed by atoms with Crippen LogP contribution in [0.4, 0.5) is 10.5 Å². The number of carbonyl (C=O) groups is 1. The molecule has 0 bridgehead atoms. The van der Waals surface area contributed by atoms with Crippen LogP contribution in [0.3, 0.4) is 0 Å². The second-order valence-electron chi connectivity index (χ2n) is 11.1. The molecule has 0 radical (unpaired) electrons. The lowest BCUT2D eigenvalue weighted by Gasteiger charge is -2.51. The van der Waals surface area contributed by atoms with Gasteiger partial charge in [0, 0.05) is 18.3 Å². The summed E-state index contributed by atoms with van der Waals surface area (Å²) in [6.07, 6.45) is 9.24. The highest BCUT2D eigenvalue weighted by Crippen LogP contribution is 2.50. The maximum Gasteiger partial charge on any atom is 0.325 e. The van der Waals surface area contributed by atoms with Crippen molar-refractivity contribution < 1.29 is 13.2 Å². The van der Waals surface area contributed by atoms with Crippen LogP contribution in [-0.2, 0) is 15.4 Å². The first-order valence-electron chi connectivity index (χ1n) is 12.9. The number of urea groups is 1. The molecule has 0 unspecified atom stereocenters. The van der Waals surface area contributed by atoms with Gasteiger partial charge in [-0.2, -0.15) is 5.26 Å². The van der Waals surface area contributed by atoms with Gasteiger partial charge in [0.15, 0.2) is 5.69 Å². The third-order valence-electron chi connectivity index (χ3n) is 8.80. The quantitative estimate of drug-likeness (QED) is 0.534. The third kappa shape index (κ3) is 4.38. The van der Waals surface area contributed by atoms with Crippen LogP contribution in [0.5, 0.6) is 0 Å². The van der Waals surface area contributed by atoms with Gasteiger partial charge >= 0.3 is 6.03 Å². The van der Waals surface area contributed by atoms with E-state index >= 15 is 0 Å². The Labute approximate surface area is 219 Å². The summed E-state index contributed by atoms with van der Waals surface area (Å²) in [5.74, 6) is 0.495. The number of nitrogens with zero attached hydrogens (tertiary/aromatic N) is 6. The molecule has 2 aromatic rings. The minimum atomic E-state index is -3.68. The fraction of sp³-hybridized carbons (Fsp3) is 0.556. The van der Waals surface area contributed by atoms with Crippen LogP contribution in [0, 0.1) is 17.2 Å². The largest absolute Gasteiger partial charge is 0.325 e. The molecule has 3 fully saturated rings. The van der Waals surface area contributed by atoms with Crippen LogP contribution in [0.15, 0.2) is 41.7 Å². The fourth-order valence-electron chi connectivity index (χ4n) is 6.31. The highest BCUT2D eigenvalue weighted by molar-refractivity contribution is 7.90. The van der Waals surface area contributed by atoms with E-state index in [2.05, 4.69) is 53.2 Å². The van der Waals surface area contributed by atoms with Crippen LogP contribution in [0.1, 0.15) is 56.2 Å². The Hall–Kier alpha value is -3.03. The Morgan fingerprint density at radius 1 is 1.14 bits per heavy atom. The van der Waals surface area contributed by atoms with E-state index in [0.29, 0.717) is 19.0 Å². The van der Waals surface area contributed by atoms with Gasteiger partial charge in [-0.15, -0.1) is 0 Å². The molecule has 1 spiro atoms. The number of sulfone groups is 1. The number of amides is 2. The Kier molecular flexibility index (Phi) is 6.49. The fourth-order valence-corrected chi connectivity index (χ4v) is 6.81. The minimum Gasteiger partial charge on any atom is -0.317 e. The molecule has 5 rings (SSSR count). The van der Waals surface area contributed by atoms with E-state index in [1.54, 1.807) is 4.90 Å². The first kappa shape index (κ1) is 25.6. The van der Waals surface area contributed by atoms with Crippen molar-refractivity contribution in [1.29, 1.82) is 5.26 Å². The summed E-state index contributed by atoms with van der Waals surface area (Å²) in [5, 5.41) is 9.37. The Morgan fingerprint density at radius 2 is 1.81 bits per heavy atom. The van der Waals surface area contributed by atoms with Gasteiger partial charge in [0.1, 0.15) is 11.8 Å². The molecular weight excluding hydrogens is 488 g/mol. The van der Waals surface area contributed by atoms with Crippen LogP contribution < -0.4 is 4.90 Å². The monoisotopic (exact) mass is 522 g/mol. The van der Waals surface area contributed by atoms with E-state index in [4.69, 9.17) is 0 Å². The summed E-state index contributed by atoms with van der Waals surface area (Å²) < 4.78 is 23.9. The smallest absolute Gasteiger partial charge is 0.317 e. The number of rotatable bonds is 6. The van der Waals surface area contributed by atoms with Crippen LogP contribution in [-0.4, -0.2) is 73.2 Å². The van der Waals surface area contributed by atoms with Gasteiger partial charge in [0.2, 0.25) is 15.0 Å². The SMILES string of the molecule is CN(C)C1(c2ccccc2)CCC2(CC1)CN(c1cnc(S(C)(=O)=O)nc1C#N)C(=O)N2CC1CCC1. The van der Waals surface area contributed by atoms with Crippen molar-refractivity contribution >= 4 is 21.6 Å². The zero-order chi connectivity index (χ0) is 26.4. The molecule has 2 heterocycles. The van der Waals surface area contributed by atoms with Crippen molar-refractivity contribution in [2.75, 3.05) is 38.3 Å². The van der Waals surface area contributed by atoms with Crippen molar-refractivity contribution in [1.82, 2.24) is 19.8 Å². The number of hydrogen-bond acceptors (Lipinski definition) is 7. The average molecular weight is 523 g/mol. The lowest BCUT2D eigenvalue weighted by Crippen LogP contribution is -2.56. The van der Waals surface area contributed by atoms with Gasteiger partial charge in [-0.05, 0) is 64.1 Å². The first-order valence-corrected chi connectivity index (χ1v) is 14.8. The highest BCUT2D eigenvalue weighted by atomic mass is 32.2. The average Bonchev–Trinajstić information content (AvgIpc) is 3.12. The summed E-state index contributed by atoms with van der Waals surface area (Å²) in [6.45, 7) is 1.15. The number of carbonyl (C=O) groups excluding carboxylic acids is 1. The van der Waals surface area contributed by atoms with E-state index < -0.39 is 15.0 Å². The molecule has 1 aromatic heterocycles. The third-order valence-corrected chi connectivity index (χ3v) is 9.66. The summed E-state index contributed by atoms with van der Waals surface area (Å²) >= 11 is 0. The van der Waals surface area contributed by atoms with E-state index in [0.717, 1.165) is 44.8 Å². The first-order chi connectivity index (χ1) is 17.6. The molecule has 9 nitrogen and oxygen atoms in total. The second-order valence-corrected chi connectivity index (χ2v) is 13.0. The predicted molar refractivity (Wildman–Crippen MR) is 140 cm³/mol. The second kappa shape index (κ2) is 9.37. The van der Waals surface area contributed by atoms with Crippen LogP contribution >= 0.6 is 0 Å². The van der Waals surface area contributed by atoms with Crippen molar-refractivity contribution in [2.24, 2.45) is 5.92 Å². The van der Waals surface area contributed by atoms with E-state index in [1.807, 2.05) is 17.0 Å². The van der Waals surface area contributed by atoms with Gasteiger partial charge < -0.3 is 4.90 Å². The Balaban J connectivity index is 1.49. The van der Waals surface area contributed by atoms with Crippen LogP contribution in [0.2, 0.25) is 0 Å². The summed E-state index contributed by atoms with van der Waals surface area (Å²) in [4.78, 5) is 27.9. The molecule has 3 aliphatic rings. The normalized spacial score (nSPS) is 26.5. The maximum absolute atomic E-state index is 13.9. The van der Waals surface area contributed by atoms with Crippen molar-refractivity contribution in [2.45, 2.75) is 61.2 Å². The van der Waals surface area contributed by atoms with Crippen molar-refractivity contribution in [3.05, 3.63) is 47.8 Å². The number of nitriles is 1. The Bertz CT molecular complexity index is 1330. The zero-order valence-electron chi connectivity index (χ0n) is 21.7. The standard InChI is InChI=1S/C27H34N6O3S/c1-31(2)27(21-10-5-4-6-11-21)14-12-26(13-15-27)19-32(25(34)33(26)18-20-8-7-9-20)23-17-29-24(37(3,35)36)30-22(23)16-28/h4-6,10-11,17,20H,7-9,12-15,18-19H2,1-3H3. The molecule has 1 saturated heterocycles. The van der Waals surface area contributed by atoms with E-state index in [-0.39, 0.29) is 28.5 Å². The summed E-state index contributed by atoms with van der Waals surface area (Å²) in [6, 6.07) is 12.4. The number of benzene rings is 1. The predicted octanol–water partition coefficient (Wildman–Crippen LogP) is 3.56. The Morgan fingerprint density at radius 3 is 2.35 bits per heavy atom. The number of aromatic nitrogens is 2. The molecule has 0 N–H and O–H groups in total. The summed E-state index contributed by atoms with van der Waals surface area (Å²) in [5.41, 5.74) is 1.01.